The Morgan fingerprint density at radius 3 is 2.35 bits per heavy atom. The molecule has 1 aromatic heterocycles. The summed E-state index contributed by atoms with van der Waals surface area (Å²) in [5, 5.41) is 7.66. The van der Waals surface area contributed by atoms with Crippen molar-refractivity contribution in [3.8, 4) is 0 Å². The maximum atomic E-state index is 4.37. The zero-order valence-electron chi connectivity index (χ0n) is 10.8. The van der Waals surface area contributed by atoms with E-state index in [4.69, 9.17) is 0 Å². The highest BCUT2D eigenvalue weighted by molar-refractivity contribution is 5.56. The molecule has 0 aliphatic rings. The summed E-state index contributed by atoms with van der Waals surface area (Å²) in [5.74, 6) is 1.76. The van der Waals surface area contributed by atoms with E-state index in [2.05, 4.69) is 47.4 Å². The second kappa shape index (κ2) is 4.57. The van der Waals surface area contributed by atoms with E-state index in [-0.39, 0.29) is 0 Å². The first-order valence-corrected chi connectivity index (χ1v) is 5.74. The molecular weight excluding hydrogens is 212 g/mol. The fourth-order valence-electron chi connectivity index (χ4n) is 1.97. The minimum absolute atomic E-state index is 0.697. The Morgan fingerprint density at radius 1 is 1.18 bits per heavy atom. The van der Waals surface area contributed by atoms with Gasteiger partial charge in [-0.3, -0.25) is 4.68 Å². The third-order valence-electron chi connectivity index (χ3n) is 2.86. The molecule has 0 unspecified atom stereocenters. The Labute approximate surface area is 102 Å². The molecule has 17 heavy (non-hydrogen) atoms. The lowest BCUT2D eigenvalue weighted by Crippen LogP contribution is -2.08. The molecule has 0 amide bonds. The monoisotopic (exact) mass is 230 g/mol. The molecule has 4 nitrogen and oxygen atoms in total. The first kappa shape index (κ1) is 11.6. The Bertz CT molecular complexity index is 508. The van der Waals surface area contributed by atoms with E-state index in [9.17, 15) is 0 Å². The number of aromatic nitrogens is 3. The van der Waals surface area contributed by atoms with Gasteiger partial charge < -0.3 is 5.32 Å². The van der Waals surface area contributed by atoms with Crippen molar-refractivity contribution in [3.05, 3.63) is 41.0 Å². The molecule has 2 rings (SSSR count). The summed E-state index contributed by atoms with van der Waals surface area (Å²) < 4.78 is 1.82. The lowest BCUT2D eigenvalue weighted by atomic mass is 10.1. The average Bonchev–Trinajstić information content (AvgIpc) is 2.57. The van der Waals surface area contributed by atoms with E-state index >= 15 is 0 Å². The van der Waals surface area contributed by atoms with Gasteiger partial charge in [0.25, 0.3) is 0 Å². The van der Waals surface area contributed by atoms with Crippen LogP contribution in [0.5, 0.6) is 0 Å². The molecule has 0 radical (unpaired) electrons. The van der Waals surface area contributed by atoms with Crippen molar-refractivity contribution < 1.29 is 0 Å². The summed E-state index contributed by atoms with van der Waals surface area (Å²) in [6.07, 6.45) is 0. The molecule has 1 N–H and O–H groups in total. The molecule has 0 aliphatic heterocycles. The number of hydrogen-bond acceptors (Lipinski definition) is 3. The van der Waals surface area contributed by atoms with Gasteiger partial charge >= 0.3 is 0 Å². The second-order valence-corrected chi connectivity index (χ2v) is 4.32. The number of anilines is 1. The Hall–Kier alpha value is -1.84. The number of hydrogen-bond donors (Lipinski definition) is 1. The summed E-state index contributed by atoms with van der Waals surface area (Å²) in [7, 11) is 1.92. The normalized spacial score (nSPS) is 10.6. The minimum Gasteiger partial charge on any atom is -0.377 e. The lowest BCUT2D eigenvalue weighted by Gasteiger charge is -2.11. The molecule has 0 saturated carbocycles. The molecule has 2 aromatic rings. The van der Waals surface area contributed by atoms with Crippen molar-refractivity contribution >= 4 is 5.69 Å². The van der Waals surface area contributed by atoms with Gasteiger partial charge in [0.1, 0.15) is 11.6 Å². The van der Waals surface area contributed by atoms with Crippen LogP contribution in [0.4, 0.5) is 5.69 Å². The van der Waals surface area contributed by atoms with E-state index in [1.54, 1.807) is 0 Å². The Balaban J connectivity index is 2.15. The molecule has 90 valence electrons. The second-order valence-electron chi connectivity index (χ2n) is 4.32. The fraction of sp³-hybridized carbons (Fsp3) is 0.385. The fourth-order valence-corrected chi connectivity index (χ4v) is 1.97. The summed E-state index contributed by atoms with van der Waals surface area (Å²) in [6.45, 7) is 6.82. The Kier molecular flexibility index (Phi) is 3.13. The van der Waals surface area contributed by atoms with Crippen molar-refractivity contribution in [2.75, 3.05) is 5.32 Å². The van der Waals surface area contributed by atoms with Crippen LogP contribution in [0.2, 0.25) is 0 Å². The number of nitrogens with zero attached hydrogens (tertiary/aromatic N) is 3. The van der Waals surface area contributed by atoms with Crippen molar-refractivity contribution in [3.63, 3.8) is 0 Å². The van der Waals surface area contributed by atoms with Crippen LogP contribution in [0.3, 0.4) is 0 Å². The van der Waals surface area contributed by atoms with Gasteiger partial charge in [0, 0.05) is 12.7 Å². The van der Waals surface area contributed by atoms with E-state index in [0.29, 0.717) is 6.54 Å². The predicted octanol–water partition coefficient (Wildman–Crippen LogP) is 2.35. The number of aryl methyl sites for hydroxylation is 4. The average molecular weight is 230 g/mol. The molecule has 0 aliphatic carbocycles. The first-order chi connectivity index (χ1) is 8.08. The third-order valence-corrected chi connectivity index (χ3v) is 2.86. The molecular formula is C13H18N4. The Morgan fingerprint density at radius 2 is 1.82 bits per heavy atom. The number of para-hydroxylation sites is 1. The van der Waals surface area contributed by atoms with Gasteiger partial charge in [0.05, 0.1) is 6.54 Å². The zero-order valence-corrected chi connectivity index (χ0v) is 10.8. The molecule has 0 bridgehead atoms. The highest BCUT2D eigenvalue weighted by Crippen LogP contribution is 2.19. The van der Waals surface area contributed by atoms with E-state index in [1.807, 2.05) is 18.7 Å². The van der Waals surface area contributed by atoms with Gasteiger partial charge in [-0.25, -0.2) is 4.98 Å². The van der Waals surface area contributed by atoms with Crippen molar-refractivity contribution in [2.24, 2.45) is 7.05 Å². The number of rotatable bonds is 3. The molecule has 0 saturated heterocycles. The minimum atomic E-state index is 0.697. The van der Waals surface area contributed by atoms with Gasteiger partial charge in [-0.05, 0) is 31.9 Å². The maximum absolute atomic E-state index is 4.37. The molecule has 1 heterocycles. The lowest BCUT2D eigenvalue weighted by molar-refractivity contribution is 0.707. The smallest absolute Gasteiger partial charge is 0.147 e. The van der Waals surface area contributed by atoms with Crippen LogP contribution < -0.4 is 5.32 Å². The van der Waals surface area contributed by atoms with E-state index in [1.165, 1.54) is 16.8 Å². The summed E-state index contributed by atoms with van der Waals surface area (Å²) >= 11 is 0. The van der Waals surface area contributed by atoms with Crippen molar-refractivity contribution in [1.29, 1.82) is 0 Å². The van der Waals surface area contributed by atoms with E-state index < -0.39 is 0 Å². The SMILES string of the molecule is Cc1nc(CNc2c(C)cccc2C)n(C)n1. The molecule has 0 spiro atoms. The summed E-state index contributed by atoms with van der Waals surface area (Å²) in [4.78, 5) is 4.37. The van der Waals surface area contributed by atoms with Crippen molar-refractivity contribution in [1.82, 2.24) is 14.8 Å². The topological polar surface area (TPSA) is 42.7 Å². The van der Waals surface area contributed by atoms with Crippen molar-refractivity contribution in [2.45, 2.75) is 27.3 Å². The summed E-state index contributed by atoms with van der Waals surface area (Å²) in [5.41, 5.74) is 3.70. The quantitative estimate of drug-likeness (QED) is 0.880. The molecule has 1 aromatic carbocycles. The van der Waals surface area contributed by atoms with Crippen LogP contribution in [0.1, 0.15) is 22.8 Å². The van der Waals surface area contributed by atoms with E-state index in [0.717, 1.165) is 11.6 Å². The number of nitrogens with one attached hydrogen (secondary N) is 1. The largest absolute Gasteiger partial charge is 0.377 e. The number of benzene rings is 1. The van der Waals surface area contributed by atoms with Crippen LogP contribution in [0.15, 0.2) is 18.2 Å². The molecule has 4 heteroatoms. The van der Waals surface area contributed by atoms with Gasteiger partial charge in [-0.2, -0.15) is 5.10 Å². The van der Waals surface area contributed by atoms with Gasteiger partial charge in [0.2, 0.25) is 0 Å². The highest BCUT2D eigenvalue weighted by atomic mass is 15.3. The maximum Gasteiger partial charge on any atom is 0.147 e. The zero-order chi connectivity index (χ0) is 12.4. The van der Waals surface area contributed by atoms with Crippen LogP contribution in [0, 0.1) is 20.8 Å². The first-order valence-electron chi connectivity index (χ1n) is 5.74. The predicted molar refractivity (Wildman–Crippen MR) is 69.0 cm³/mol. The molecule has 0 atom stereocenters. The van der Waals surface area contributed by atoms with Crippen LogP contribution in [-0.4, -0.2) is 14.8 Å². The van der Waals surface area contributed by atoms with Gasteiger partial charge in [-0.15, -0.1) is 0 Å². The van der Waals surface area contributed by atoms with Crippen LogP contribution in [0.25, 0.3) is 0 Å². The van der Waals surface area contributed by atoms with Gasteiger partial charge in [0.15, 0.2) is 0 Å². The van der Waals surface area contributed by atoms with Crippen LogP contribution >= 0.6 is 0 Å². The molecule has 0 fully saturated rings. The third kappa shape index (κ3) is 2.46. The standard InChI is InChI=1S/C13H18N4/c1-9-6-5-7-10(2)13(9)14-8-12-15-11(3)16-17(12)4/h5-7,14H,8H2,1-4H3. The highest BCUT2D eigenvalue weighted by Gasteiger charge is 2.05. The summed E-state index contributed by atoms with van der Waals surface area (Å²) in [6, 6.07) is 6.29. The van der Waals surface area contributed by atoms with Gasteiger partial charge in [-0.1, -0.05) is 18.2 Å². The van der Waals surface area contributed by atoms with Crippen LogP contribution in [-0.2, 0) is 13.6 Å².